The Labute approximate surface area is 119 Å². The number of hydrogen-bond acceptors (Lipinski definition) is 3. The van der Waals surface area contributed by atoms with E-state index < -0.39 is 11.5 Å². The highest BCUT2D eigenvalue weighted by Crippen LogP contribution is 2.21. The minimum absolute atomic E-state index is 0.0235. The van der Waals surface area contributed by atoms with Gasteiger partial charge in [0.25, 0.3) is 0 Å². The quantitative estimate of drug-likeness (QED) is 0.807. The molecule has 0 spiro atoms. The van der Waals surface area contributed by atoms with Crippen LogP contribution in [-0.2, 0) is 4.79 Å². The molecule has 4 nitrogen and oxygen atoms in total. The highest BCUT2D eigenvalue weighted by molar-refractivity contribution is 5.79. The van der Waals surface area contributed by atoms with Crippen molar-refractivity contribution in [1.82, 2.24) is 5.32 Å². The third-order valence-corrected chi connectivity index (χ3v) is 3.16. The summed E-state index contributed by atoms with van der Waals surface area (Å²) in [6, 6.07) is 6.43. The van der Waals surface area contributed by atoms with E-state index in [0.717, 1.165) is 0 Å². The Hall–Kier alpha value is -1.62. The first-order valence-electron chi connectivity index (χ1n) is 6.80. The number of nitrogens with one attached hydrogen (secondary N) is 1. The molecule has 1 aromatic rings. The van der Waals surface area contributed by atoms with Crippen molar-refractivity contribution in [3.8, 4) is 0 Å². The van der Waals surface area contributed by atoms with Gasteiger partial charge < -0.3 is 10.0 Å². The van der Waals surface area contributed by atoms with Gasteiger partial charge in [0.05, 0.1) is 5.69 Å². The van der Waals surface area contributed by atoms with Gasteiger partial charge in [-0.05, 0) is 39.8 Å². The molecule has 5 heteroatoms. The molecule has 0 saturated heterocycles. The lowest BCUT2D eigenvalue weighted by molar-refractivity contribution is -0.144. The fraction of sp³-hybridized carbons (Fsp3) is 0.533. The molecular formula is C15H23FN2O2. The van der Waals surface area contributed by atoms with Crippen LogP contribution in [0.5, 0.6) is 0 Å². The molecule has 0 amide bonds. The first-order chi connectivity index (χ1) is 9.30. The van der Waals surface area contributed by atoms with E-state index in [0.29, 0.717) is 12.2 Å². The van der Waals surface area contributed by atoms with Gasteiger partial charge in [-0.2, -0.15) is 0 Å². The number of hydrogen-bond donors (Lipinski definition) is 2. The van der Waals surface area contributed by atoms with Crippen molar-refractivity contribution in [2.45, 2.75) is 39.3 Å². The fourth-order valence-corrected chi connectivity index (χ4v) is 2.27. The number of carboxylic acids is 1. The second-order valence-electron chi connectivity index (χ2n) is 5.40. The Morgan fingerprint density at radius 1 is 1.45 bits per heavy atom. The minimum Gasteiger partial charge on any atom is -0.480 e. The number of benzene rings is 1. The van der Waals surface area contributed by atoms with Crippen molar-refractivity contribution in [2.24, 2.45) is 0 Å². The molecule has 0 saturated carbocycles. The van der Waals surface area contributed by atoms with Gasteiger partial charge in [0.1, 0.15) is 11.4 Å². The van der Waals surface area contributed by atoms with Crippen molar-refractivity contribution in [3.05, 3.63) is 30.1 Å². The Kier molecular flexibility index (Phi) is 5.51. The molecule has 0 aliphatic heterocycles. The molecule has 0 heterocycles. The average molecular weight is 282 g/mol. The van der Waals surface area contributed by atoms with Crippen molar-refractivity contribution < 1.29 is 14.3 Å². The van der Waals surface area contributed by atoms with E-state index in [1.54, 1.807) is 30.0 Å². The van der Waals surface area contributed by atoms with Crippen LogP contribution in [0.25, 0.3) is 0 Å². The maximum Gasteiger partial charge on any atom is 0.325 e. The summed E-state index contributed by atoms with van der Waals surface area (Å²) >= 11 is 0. The van der Waals surface area contributed by atoms with Crippen LogP contribution in [0, 0.1) is 5.82 Å². The van der Waals surface area contributed by atoms with Crippen molar-refractivity contribution in [1.29, 1.82) is 0 Å². The third kappa shape index (κ3) is 3.93. The van der Waals surface area contributed by atoms with E-state index in [1.807, 2.05) is 20.8 Å². The smallest absolute Gasteiger partial charge is 0.325 e. The predicted molar refractivity (Wildman–Crippen MR) is 78.6 cm³/mol. The van der Waals surface area contributed by atoms with Gasteiger partial charge in [0.15, 0.2) is 0 Å². The first-order valence-corrected chi connectivity index (χ1v) is 6.80. The van der Waals surface area contributed by atoms with Gasteiger partial charge in [0, 0.05) is 19.1 Å². The van der Waals surface area contributed by atoms with Gasteiger partial charge in [-0.3, -0.25) is 10.1 Å². The van der Waals surface area contributed by atoms with E-state index >= 15 is 0 Å². The van der Waals surface area contributed by atoms with Crippen LogP contribution in [0.1, 0.15) is 27.7 Å². The second-order valence-corrected chi connectivity index (χ2v) is 5.40. The molecule has 0 bridgehead atoms. The molecule has 1 rings (SSSR count). The molecular weight excluding hydrogens is 259 g/mol. The van der Waals surface area contributed by atoms with E-state index in [-0.39, 0.29) is 18.4 Å². The van der Waals surface area contributed by atoms with Gasteiger partial charge in [-0.15, -0.1) is 0 Å². The molecule has 1 unspecified atom stereocenters. The number of likely N-dealkylation sites (N-methyl/N-ethyl adjacent to an activating group) is 1. The Balaban J connectivity index is 3.01. The molecule has 0 aliphatic rings. The number of rotatable bonds is 7. The van der Waals surface area contributed by atoms with Gasteiger partial charge in [-0.25, -0.2) is 4.39 Å². The predicted octanol–water partition coefficient (Wildman–Crippen LogP) is 2.49. The number of para-hydroxylation sites is 1. The topological polar surface area (TPSA) is 52.6 Å². The number of carbonyl (C=O) groups is 1. The van der Waals surface area contributed by atoms with E-state index in [1.165, 1.54) is 6.07 Å². The SMILES string of the molecule is CCN(CC(C)(NC(C)C)C(=O)O)c1ccccc1F. The van der Waals surface area contributed by atoms with Gasteiger partial charge in [0.2, 0.25) is 0 Å². The molecule has 1 atom stereocenters. The molecule has 0 radical (unpaired) electrons. The highest BCUT2D eigenvalue weighted by atomic mass is 19.1. The lowest BCUT2D eigenvalue weighted by Gasteiger charge is -2.35. The lowest BCUT2D eigenvalue weighted by atomic mass is 10.00. The van der Waals surface area contributed by atoms with Gasteiger partial charge >= 0.3 is 5.97 Å². The fourth-order valence-electron chi connectivity index (χ4n) is 2.27. The number of aliphatic carboxylic acids is 1. The molecule has 0 fully saturated rings. The summed E-state index contributed by atoms with van der Waals surface area (Å²) in [5.74, 6) is -1.28. The normalized spacial score (nSPS) is 14.1. The number of anilines is 1. The van der Waals surface area contributed by atoms with Crippen LogP contribution in [0.15, 0.2) is 24.3 Å². The van der Waals surface area contributed by atoms with Crippen molar-refractivity contribution >= 4 is 11.7 Å². The number of nitrogens with zero attached hydrogens (tertiary/aromatic N) is 1. The van der Waals surface area contributed by atoms with E-state index in [4.69, 9.17) is 0 Å². The summed E-state index contributed by atoms with van der Waals surface area (Å²) in [6.07, 6.45) is 0. The summed E-state index contributed by atoms with van der Waals surface area (Å²) in [6.45, 7) is 8.01. The number of halogens is 1. The van der Waals surface area contributed by atoms with E-state index in [2.05, 4.69) is 5.32 Å². The standard InChI is InChI=1S/C15H23FN2O2/c1-5-18(13-9-7-6-8-12(13)16)10-15(4,14(19)20)17-11(2)3/h6-9,11,17H,5,10H2,1-4H3,(H,19,20). The van der Waals surface area contributed by atoms with Crippen LogP contribution < -0.4 is 10.2 Å². The minimum atomic E-state index is -1.13. The molecule has 112 valence electrons. The Morgan fingerprint density at radius 3 is 2.50 bits per heavy atom. The summed E-state index contributed by atoms with van der Waals surface area (Å²) in [7, 11) is 0. The van der Waals surface area contributed by atoms with Crippen LogP contribution >= 0.6 is 0 Å². The zero-order chi connectivity index (χ0) is 15.3. The summed E-state index contributed by atoms with van der Waals surface area (Å²) < 4.78 is 13.9. The Morgan fingerprint density at radius 2 is 2.05 bits per heavy atom. The largest absolute Gasteiger partial charge is 0.480 e. The van der Waals surface area contributed by atoms with Crippen LogP contribution in [-0.4, -0.2) is 35.7 Å². The number of carboxylic acid groups (broad SMARTS) is 1. The maximum absolute atomic E-state index is 13.9. The van der Waals surface area contributed by atoms with Crippen LogP contribution in [0.4, 0.5) is 10.1 Å². The summed E-state index contributed by atoms with van der Waals surface area (Å²) in [5, 5.41) is 12.5. The second kappa shape index (κ2) is 6.70. The van der Waals surface area contributed by atoms with Crippen LogP contribution in [0.2, 0.25) is 0 Å². The zero-order valence-electron chi connectivity index (χ0n) is 12.5. The summed E-state index contributed by atoms with van der Waals surface area (Å²) in [5.41, 5.74) is -0.708. The van der Waals surface area contributed by atoms with Crippen molar-refractivity contribution in [3.63, 3.8) is 0 Å². The monoisotopic (exact) mass is 282 g/mol. The maximum atomic E-state index is 13.9. The van der Waals surface area contributed by atoms with Crippen LogP contribution in [0.3, 0.4) is 0 Å². The molecule has 20 heavy (non-hydrogen) atoms. The Bertz CT molecular complexity index is 465. The summed E-state index contributed by atoms with van der Waals surface area (Å²) in [4.78, 5) is 13.3. The zero-order valence-corrected chi connectivity index (χ0v) is 12.5. The first kappa shape index (κ1) is 16.4. The highest BCUT2D eigenvalue weighted by Gasteiger charge is 2.35. The molecule has 0 aromatic heterocycles. The molecule has 0 aliphatic carbocycles. The lowest BCUT2D eigenvalue weighted by Crippen LogP contribution is -2.59. The molecule has 2 N–H and O–H groups in total. The molecule has 1 aromatic carbocycles. The van der Waals surface area contributed by atoms with E-state index in [9.17, 15) is 14.3 Å². The third-order valence-electron chi connectivity index (χ3n) is 3.16. The van der Waals surface area contributed by atoms with Gasteiger partial charge in [-0.1, -0.05) is 12.1 Å². The van der Waals surface area contributed by atoms with Crippen molar-refractivity contribution in [2.75, 3.05) is 18.0 Å². The average Bonchev–Trinajstić information content (AvgIpc) is 2.36.